The first-order valence-corrected chi connectivity index (χ1v) is 21.0. The molecule has 4 fully saturated rings. The molecule has 15 nitrogen and oxygen atoms in total. The van der Waals surface area contributed by atoms with Crippen LogP contribution >= 0.6 is 0 Å². The molecule has 5 heterocycles. The topological polar surface area (TPSA) is 159 Å². The van der Waals surface area contributed by atoms with E-state index >= 15 is 0 Å². The lowest BCUT2D eigenvalue weighted by Gasteiger charge is -2.48. The number of benzene rings is 1. The van der Waals surface area contributed by atoms with Gasteiger partial charge in [-0.15, -0.1) is 0 Å². The minimum atomic E-state index is -1.13. The average Bonchev–Trinajstić information content (AvgIpc) is 3.33. The predicted octanol–water partition coefficient (Wildman–Crippen LogP) is 4.82. The molecule has 0 saturated carbocycles. The van der Waals surface area contributed by atoms with Gasteiger partial charge in [-0.25, -0.2) is 4.79 Å². The van der Waals surface area contributed by atoms with Crippen LogP contribution in [0.15, 0.2) is 40.5 Å². The first kappa shape index (κ1) is 44.4. The molecule has 0 aromatic heterocycles. The van der Waals surface area contributed by atoms with E-state index in [9.17, 15) is 14.7 Å². The maximum absolute atomic E-state index is 14.5. The SMILES string of the molecule is CC[C@@H]1OC(=O)[C@H](C)[C@H]2OCC(=NOCOCc3ccccc3)CO[C@](C)(C[C@@H](C)C3=NCCN4C(=O)O[C@@]1(C)[C@H]4[C@H]3C)[C@@H](O[C@H]1O[C@@H](C)C[C@@H](N(C)C)[C@@H]1O)[C@@H]2C. The third kappa shape index (κ3) is 9.25. The minimum absolute atomic E-state index is 0.0146. The number of ether oxygens (including phenoxy) is 7. The van der Waals surface area contributed by atoms with Gasteiger partial charge in [-0.3, -0.25) is 14.7 Å². The molecule has 0 unspecified atom stereocenters. The number of amides is 1. The number of aliphatic imine (C=N–C) groups is 1. The summed E-state index contributed by atoms with van der Waals surface area (Å²) in [5.74, 6) is -2.25. The van der Waals surface area contributed by atoms with E-state index in [1.54, 1.807) is 11.8 Å². The number of fused-ring (bicyclic) bond motifs is 4. The first-order valence-electron chi connectivity index (χ1n) is 21.0. The van der Waals surface area contributed by atoms with Gasteiger partial charge in [0.2, 0.25) is 6.79 Å². The summed E-state index contributed by atoms with van der Waals surface area (Å²) in [4.78, 5) is 42.5. The lowest BCUT2D eigenvalue weighted by molar-refractivity contribution is -0.302. The molecule has 58 heavy (non-hydrogen) atoms. The molecule has 6 rings (SSSR count). The number of aliphatic hydroxyl groups is 1. The van der Waals surface area contributed by atoms with Crippen LogP contribution < -0.4 is 0 Å². The van der Waals surface area contributed by atoms with E-state index in [0.717, 1.165) is 11.3 Å². The molecule has 14 atom stereocenters. The number of nitrogens with zero attached hydrogens (tertiary/aromatic N) is 4. The molecule has 5 aliphatic heterocycles. The number of hydrogen-bond donors (Lipinski definition) is 1. The van der Waals surface area contributed by atoms with E-state index in [4.69, 9.17) is 43.0 Å². The summed E-state index contributed by atoms with van der Waals surface area (Å²) < 4.78 is 45.4. The van der Waals surface area contributed by atoms with Gasteiger partial charge < -0.3 is 48.0 Å². The van der Waals surface area contributed by atoms with Gasteiger partial charge in [-0.1, -0.05) is 63.2 Å². The average molecular weight is 815 g/mol. The monoisotopic (exact) mass is 814 g/mol. The highest BCUT2D eigenvalue weighted by Crippen LogP contribution is 2.45. The van der Waals surface area contributed by atoms with E-state index in [1.807, 2.05) is 83.9 Å². The van der Waals surface area contributed by atoms with Crippen molar-refractivity contribution >= 4 is 23.5 Å². The second-order valence-corrected chi connectivity index (χ2v) is 17.6. The van der Waals surface area contributed by atoms with E-state index in [0.29, 0.717) is 44.7 Å². The molecule has 1 aromatic rings. The summed E-state index contributed by atoms with van der Waals surface area (Å²) >= 11 is 0. The quantitative estimate of drug-likeness (QED) is 0.157. The Morgan fingerprint density at radius 3 is 2.50 bits per heavy atom. The smallest absolute Gasteiger partial charge is 0.410 e. The summed E-state index contributed by atoms with van der Waals surface area (Å²) in [7, 11) is 3.87. The van der Waals surface area contributed by atoms with Crippen LogP contribution in [0.1, 0.15) is 80.2 Å². The number of carbonyl (C=O) groups excluding carboxylic acids is 2. The Balaban J connectivity index is 1.40. The molecule has 5 aliphatic rings. The van der Waals surface area contributed by atoms with Crippen LogP contribution in [0.5, 0.6) is 0 Å². The van der Waals surface area contributed by atoms with Crippen molar-refractivity contribution in [3.05, 3.63) is 35.9 Å². The minimum Gasteiger partial charge on any atom is -0.458 e. The highest BCUT2D eigenvalue weighted by Gasteiger charge is 2.60. The summed E-state index contributed by atoms with van der Waals surface area (Å²) in [6.45, 7) is 16.8. The van der Waals surface area contributed by atoms with Crippen molar-refractivity contribution in [2.75, 3.05) is 47.2 Å². The number of oxime groups is 1. The molecule has 1 N–H and O–H groups in total. The first-order chi connectivity index (χ1) is 27.6. The third-order valence-electron chi connectivity index (χ3n) is 13.0. The van der Waals surface area contributed by atoms with Crippen LogP contribution in [-0.4, -0.2) is 146 Å². The van der Waals surface area contributed by atoms with Crippen molar-refractivity contribution in [1.29, 1.82) is 0 Å². The number of hydrogen-bond acceptors (Lipinski definition) is 14. The van der Waals surface area contributed by atoms with Crippen molar-refractivity contribution in [3.8, 4) is 0 Å². The van der Waals surface area contributed by atoms with Crippen molar-refractivity contribution in [1.82, 2.24) is 9.80 Å². The zero-order chi connectivity index (χ0) is 41.9. The van der Waals surface area contributed by atoms with Gasteiger partial charge in [-0.05, 0) is 72.5 Å². The highest BCUT2D eigenvalue weighted by molar-refractivity contribution is 5.91. The van der Waals surface area contributed by atoms with E-state index in [1.165, 1.54) is 0 Å². The highest BCUT2D eigenvalue weighted by atomic mass is 16.7. The van der Waals surface area contributed by atoms with E-state index in [-0.39, 0.29) is 44.0 Å². The number of esters is 1. The molecule has 4 saturated heterocycles. The van der Waals surface area contributed by atoms with Crippen molar-refractivity contribution < 1.29 is 52.7 Å². The molecular formula is C43H66N4O11. The Morgan fingerprint density at radius 1 is 1.05 bits per heavy atom. The van der Waals surface area contributed by atoms with Gasteiger partial charge >= 0.3 is 12.1 Å². The van der Waals surface area contributed by atoms with Crippen LogP contribution in [-0.2, 0) is 49.4 Å². The fraction of sp³-hybridized carbons (Fsp3) is 0.767. The van der Waals surface area contributed by atoms with Crippen LogP contribution in [0.3, 0.4) is 0 Å². The summed E-state index contributed by atoms with van der Waals surface area (Å²) in [6.07, 6.45) is -3.44. The molecule has 15 heteroatoms. The van der Waals surface area contributed by atoms with Gasteiger partial charge in [0.15, 0.2) is 11.9 Å². The standard InChI is InChI=1S/C43H66N4O11/c1-11-33-43(8)37-27(4)34(44-17-18-47(37)41(50)58-43)25(2)20-42(7)38(57-40-35(48)32(46(9)10)19-26(3)55-40)28(5)36(29(6)39(49)56-33)52-22-31(23-53-42)45-54-24-51-21-30-15-13-12-14-16-30/h12-16,25-29,32-33,35-38,40,48H,11,17-24H2,1-10H3/t25-,26+,27+,28-,29-,32-,33+,35+,36+,37-,38+,40-,42-,43-/m1/s1. The van der Waals surface area contributed by atoms with Crippen LogP contribution in [0, 0.1) is 23.7 Å². The summed E-state index contributed by atoms with van der Waals surface area (Å²) in [5.41, 5.74) is 0.147. The van der Waals surface area contributed by atoms with E-state index in [2.05, 4.69) is 19.0 Å². The Bertz CT molecular complexity index is 1630. The van der Waals surface area contributed by atoms with Gasteiger partial charge in [0.05, 0.1) is 62.2 Å². The Labute approximate surface area is 343 Å². The van der Waals surface area contributed by atoms with Crippen molar-refractivity contribution in [2.24, 2.45) is 33.8 Å². The number of rotatable bonds is 9. The molecule has 4 bridgehead atoms. The molecule has 0 aliphatic carbocycles. The predicted molar refractivity (Wildman–Crippen MR) is 215 cm³/mol. The zero-order valence-electron chi connectivity index (χ0n) is 36.0. The lowest BCUT2D eigenvalue weighted by atomic mass is 9.72. The Hall–Kier alpha value is -3.18. The maximum atomic E-state index is 14.5. The fourth-order valence-electron chi connectivity index (χ4n) is 10.1. The summed E-state index contributed by atoms with van der Waals surface area (Å²) in [5, 5.41) is 16.2. The largest absolute Gasteiger partial charge is 0.458 e. The molecule has 324 valence electrons. The second-order valence-electron chi connectivity index (χ2n) is 17.6. The normalized spacial score (nSPS) is 40.8. The molecule has 1 aromatic carbocycles. The van der Waals surface area contributed by atoms with Crippen molar-refractivity contribution in [3.63, 3.8) is 0 Å². The Kier molecular flexibility index (Phi) is 14.2. The van der Waals surface area contributed by atoms with Crippen LogP contribution in [0.4, 0.5) is 4.79 Å². The number of cyclic esters (lactones) is 1. The molecular weight excluding hydrogens is 748 g/mol. The van der Waals surface area contributed by atoms with E-state index < -0.39 is 71.8 Å². The molecule has 0 spiro atoms. The van der Waals surface area contributed by atoms with Gasteiger partial charge in [0, 0.05) is 30.1 Å². The Morgan fingerprint density at radius 2 is 1.79 bits per heavy atom. The molecule has 1 amide bonds. The van der Waals surface area contributed by atoms with Gasteiger partial charge in [0.1, 0.15) is 17.9 Å². The van der Waals surface area contributed by atoms with Crippen LogP contribution in [0.25, 0.3) is 0 Å². The number of carbonyl (C=O) groups is 2. The van der Waals surface area contributed by atoms with Crippen LogP contribution in [0.2, 0.25) is 0 Å². The number of likely N-dealkylation sites (N-methyl/N-ethyl adjacent to an activating group) is 1. The summed E-state index contributed by atoms with van der Waals surface area (Å²) in [6, 6.07) is 9.13. The van der Waals surface area contributed by atoms with Gasteiger partial charge in [-0.2, -0.15) is 0 Å². The second kappa shape index (κ2) is 18.6. The van der Waals surface area contributed by atoms with Crippen molar-refractivity contribution in [2.45, 2.75) is 141 Å². The lowest BCUT2D eigenvalue weighted by Crippen LogP contribution is -2.60. The third-order valence-corrected chi connectivity index (χ3v) is 13.0. The van der Waals surface area contributed by atoms with Gasteiger partial charge in [0.25, 0.3) is 0 Å². The molecule has 0 radical (unpaired) electrons. The zero-order valence-corrected chi connectivity index (χ0v) is 36.0. The number of aliphatic hydroxyl groups excluding tert-OH is 1. The fourth-order valence-corrected chi connectivity index (χ4v) is 10.1. The maximum Gasteiger partial charge on any atom is 0.410 e.